The largest absolute Gasteiger partial charge is 0.381 e. The lowest BCUT2D eigenvalue weighted by Crippen LogP contribution is -2.40. The van der Waals surface area contributed by atoms with Crippen LogP contribution < -0.4 is 11.1 Å². The van der Waals surface area contributed by atoms with E-state index in [2.05, 4.69) is 10.3 Å². The fraction of sp³-hybridized carbons (Fsp3) is 0.462. The predicted molar refractivity (Wildman–Crippen MR) is 75.5 cm³/mol. The number of nitrogens with zero attached hydrogens (tertiary/aromatic N) is 1. The maximum atomic E-state index is 11.9. The predicted octanol–water partition coefficient (Wildman–Crippen LogP) is 0.609. The van der Waals surface area contributed by atoms with Crippen LogP contribution in [0.3, 0.4) is 0 Å². The standard InChI is InChI=1S/C13H18ClN3O3/c1-13(2,3)9-4-7(5-10(14)17-9)12(20)16-6-8(18)11(15)19/h4-5,8,18H,6H2,1-3H3,(H2,15,19)(H,16,20). The summed E-state index contributed by atoms with van der Waals surface area (Å²) in [7, 11) is 0. The molecule has 0 aliphatic rings. The first-order valence-corrected chi connectivity index (χ1v) is 6.42. The number of hydrogen-bond donors (Lipinski definition) is 3. The van der Waals surface area contributed by atoms with Crippen LogP contribution in [0.4, 0.5) is 0 Å². The molecule has 0 radical (unpaired) electrons. The van der Waals surface area contributed by atoms with E-state index in [1.807, 2.05) is 20.8 Å². The molecule has 1 rings (SSSR count). The lowest BCUT2D eigenvalue weighted by atomic mass is 9.91. The quantitative estimate of drug-likeness (QED) is 0.708. The second-order valence-electron chi connectivity index (χ2n) is 5.44. The van der Waals surface area contributed by atoms with Gasteiger partial charge >= 0.3 is 0 Å². The number of nitrogens with one attached hydrogen (secondary N) is 1. The van der Waals surface area contributed by atoms with Gasteiger partial charge in [0.15, 0.2) is 0 Å². The van der Waals surface area contributed by atoms with Gasteiger partial charge in [-0.05, 0) is 12.1 Å². The lowest BCUT2D eigenvalue weighted by Gasteiger charge is -2.18. The van der Waals surface area contributed by atoms with E-state index in [1.165, 1.54) is 6.07 Å². The minimum absolute atomic E-state index is 0.207. The van der Waals surface area contributed by atoms with Gasteiger partial charge in [0.05, 0.1) is 6.54 Å². The number of aliphatic hydroxyl groups is 1. The molecule has 1 heterocycles. The fourth-order valence-corrected chi connectivity index (χ4v) is 1.61. The van der Waals surface area contributed by atoms with Gasteiger partial charge in [0.1, 0.15) is 11.3 Å². The average Bonchev–Trinajstić information content (AvgIpc) is 2.33. The van der Waals surface area contributed by atoms with Crippen LogP contribution in [0.25, 0.3) is 0 Å². The Bertz CT molecular complexity index is 526. The average molecular weight is 300 g/mol. The van der Waals surface area contributed by atoms with Crippen molar-refractivity contribution in [2.45, 2.75) is 32.3 Å². The van der Waals surface area contributed by atoms with Crippen LogP contribution in [0, 0.1) is 0 Å². The Morgan fingerprint density at radius 3 is 2.55 bits per heavy atom. The molecule has 0 aromatic carbocycles. The molecule has 1 aromatic rings. The molecule has 1 unspecified atom stereocenters. The second-order valence-corrected chi connectivity index (χ2v) is 5.83. The molecule has 0 aliphatic heterocycles. The molecule has 1 atom stereocenters. The molecule has 1 aromatic heterocycles. The van der Waals surface area contributed by atoms with E-state index < -0.39 is 17.9 Å². The number of amides is 2. The minimum Gasteiger partial charge on any atom is -0.381 e. The number of pyridine rings is 1. The molecule has 0 fully saturated rings. The van der Waals surface area contributed by atoms with Crippen molar-refractivity contribution in [3.63, 3.8) is 0 Å². The highest BCUT2D eigenvalue weighted by atomic mass is 35.5. The van der Waals surface area contributed by atoms with E-state index in [-0.39, 0.29) is 17.1 Å². The van der Waals surface area contributed by atoms with Crippen LogP contribution >= 0.6 is 11.6 Å². The summed E-state index contributed by atoms with van der Waals surface area (Å²) in [5, 5.41) is 11.8. The van der Waals surface area contributed by atoms with Crippen molar-refractivity contribution >= 4 is 23.4 Å². The molecular formula is C13H18ClN3O3. The van der Waals surface area contributed by atoms with Crippen molar-refractivity contribution in [3.8, 4) is 0 Å². The van der Waals surface area contributed by atoms with Crippen molar-refractivity contribution in [2.75, 3.05) is 6.54 Å². The van der Waals surface area contributed by atoms with Crippen molar-refractivity contribution in [1.82, 2.24) is 10.3 Å². The number of carbonyl (C=O) groups is 2. The summed E-state index contributed by atoms with van der Waals surface area (Å²) in [5.74, 6) is -1.35. The Balaban J connectivity index is 2.88. The molecule has 4 N–H and O–H groups in total. The molecule has 0 aliphatic carbocycles. The van der Waals surface area contributed by atoms with Crippen LogP contribution in [0.1, 0.15) is 36.8 Å². The first kappa shape index (κ1) is 16.4. The van der Waals surface area contributed by atoms with Crippen LogP contribution in [-0.4, -0.2) is 34.6 Å². The molecular weight excluding hydrogens is 282 g/mol. The number of primary amides is 1. The fourth-order valence-electron chi connectivity index (χ4n) is 1.40. The maximum absolute atomic E-state index is 11.9. The van der Waals surface area contributed by atoms with Crippen molar-refractivity contribution in [3.05, 3.63) is 28.5 Å². The molecule has 0 spiro atoms. The summed E-state index contributed by atoms with van der Waals surface area (Å²) >= 11 is 5.90. The smallest absolute Gasteiger partial charge is 0.251 e. The van der Waals surface area contributed by atoms with Gasteiger partial charge in [-0.15, -0.1) is 0 Å². The number of halogens is 1. The SMILES string of the molecule is CC(C)(C)c1cc(C(=O)NCC(O)C(N)=O)cc(Cl)n1. The third-order valence-corrected chi connectivity index (χ3v) is 2.80. The third kappa shape index (κ3) is 4.47. The van der Waals surface area contributed by atoms with Crippen LogP contribution in [-0.2, 0) is 10.2 Å². The molecule has 2 amide bonds. The molecule has 6 nitrogen and oxygen atoms in total. The highest BCUT2D eigenvalue weighted by molar-refractivity contribution is 6.29. The summed E-state index contributed by atoms with van der Waals surface area (Å²) in [6.45, 7) is 5.59. The zero-order valence-corrected chi connectivity index (χ0v) is 12.4. The molecule has 0 bridgehead atoms. The van der Waals surface area contributed by atoms with Crippen molar-refractivity contribution < 1.29 is 14.7 Å². The van der Waals surface area contributed by atoms with Gasteiger partial charge < -0.3 is 16.2 Å². The first-order valence-electron chi connectivity index (χ1n) is 6.05. The Kier molecular flexibility index (Phi) is 5.08. The lowest BCUT2D eigenvalue weighted by molar-refractivity contribution is -0.125. The highest BCUT2D eigenvalue weighted by Crippen LogP contribution is 2.23. The zero-order valence-electron chi connectivity index (χ0n) is 11.6. The van der Waals surface area contributed by atoms with E-state index in [0.717, 1.165) is 0 Å². The Morgan fingerprint density at radius 2 is 2.05 bits per heavy atom. The normalized spacial score (nSPS) is 12.8. The van der Waals surface area contributed by atoms with Gasteiger partial charge in [0.2, 0.25) is 5.91 Å². The van der Waals surface area contributed by atoms with Gasteiger partial charge in [0.25, 0.3) is 5.91 Å². The first-order chi connectivity index (χ1) is 9.11. The number of carbonyl (C=O) groups excluding carboxylic acids is 2. The van der Waals surface area contributed by atoms with E-state index >= 15 is 0 Å². The summed E-state index contributed by atoms with van der Waals surface area (Å²) < 4.78 is 0. The topological polar surface area (TPSA) is 105 Å². The number of nitrogens with two attached hydrogens (primary N) is 1. The summed E-state index contributed by atoms with van der Waals surface area (Å²) in [4.78, 5) is 26.8. The molecule has 110 valence electrons. The summed E-state index contributed by atoms with van der Waals surface area (Å²) in [6, 6.07) is 3.04. The van der Waals surface area contributed by atoms with Crippen LogP contribution in [0.15, 0.2) is 12.1 Å². The zero-order chi connectivity index (χ0) is 15.5. The summed E-state index contributed by atoms with van der Waals surface area (Å²) in [5.41, 5.74) is 5.62. The van der Waals surface area contributed by atoms with Crippen molar-refractivity contribution in [2.24, 2.45) is 5.73 Å². The van der Waals surface area contributed by atoms with E-state index in [0.29, 0.717) is 11.3 Å². The Hall–Kier alpha value is -1.66. The molecule has 0 saturated carbocycles. The Labute approximate surface area is 122 Å². The molecule has 20 heavy (non-hydrogen) atoms. The van der Waals surface area contributed by atoms with Gasteiger partial charge in [-0.25, -0.2) is 4.98 Å². The minimum atomic E-state index is -1.42. The van der Waals surface area contributed by atoms with Gasteiger partial charge in [0, 0.05) is 16.7 Å². The monoisotopic (exact) mass is 299 g/mol. The van der Waals surface area contributed by atoms with Crippen LogP contribution in [0.5, 0.6) is 0 Å². The number of rotatable bonds is 4. The van der Waals surface area contributed by atoms with Crippen LogP contribution in [0.2, 0.25) is 5.15 Å². The van der Waals surface area contributed by atoms with Gasteiger partial charge in [-0.2, -0.15) is 0 Å². The third-order valence-electron chi connectivity index (χ3n) is 2.61. The highest BCUT2D eigenvalue weighted by Gasteiger charge is 2.19. The van der Waals surface area contributed by atoms with Gasteiger partial charge in [-0.3, -0.25) is 9.59 Å². The number of aliphatic hydroxyl groups excluding tert-OH is 1. The summed E-state index contributed by atoms with van der Waals surface area (Å²) in [6.07, 6.45) is -1.42. The van der Waals surface area contributed by atoms with E-state index in [1.54, 1.807) is 6.07 Å². The number of hydrogen-bond acceptors (Lipinski definition) is 4. The maximum Gasteiger partial charge on any atom is 0.251 e. The van der Waals surface area contributed by atoms with Gasteiger partial charge in [-0.1, -0.05) is 32.4 Å². The van der Waals surface area contributed by atoms with E-state index in [9.17, 15) is 14.7 Å². The molecule has 0 saturated heterocycles. The Morgan fingerprint density at radius 1 is 1.45 bits per heavy atom. The van der Waals surface area contributed by atoms with E-state index in [4.69, 9.17) is 17.3 Å². The second kappa shape index (κ2) is 6.19. The van der Waals surface area contributed by atoms with Crippen molar-refractivity contribution in [1.29, 1.82) is 0 Å². The molecule has 7 heteroatoms. The number of aromatic nitrogens is 1.